The Morgan fingerprint density at radius 3 is 2.58 bits per heavy atom. The van der Waals surface area contributed by atoms with E-state index in [0.717, 1.165) is 17.3 Å². The minimum absolute atomic E-state index is 0.186. The number of ether oxygens (including phenoxy) is 3. The molecule has 0 radical (unpaired) electrons. The summed E-state index contributed by atoms with van der Waals surface area (Å²) in [4.78, 5) is 27.1. The quantitative estimate of drug-likeness (QED) is 0.474. The fourth-order valence-electron chi connectivity index (χ4n) is 2.91. The minimum Gasteiger partial charge on any atom is -0.493 e. The van der Waals surface area contributed by atoms with Crippen LogP contribution in [0.1, 0.15) is 12.5 Å². The largest absolute Gasteiger partial charge is 0.493 e. The monoisotopic (exact) mass is 458 g/mol. The van der Waals surface area contributed by atoms with Crippen LogP contribution in [-0.4, -0.2) is 48.4 Å². The topological polar surface area (TPSA) is 77.1 Å². The lowest BCUT2D eigenvalue weighted by atomic mass is 10.2. The molecule has 1 aliphatic rings. The summed E-state index contributed by atoms with van der Waals surface area (Å²) in [7, 11) is 3.10. The third kappa shape index (κ3) is 5.36. The van der Waals surface area contributed by atoms with Gasteiger partial charge in [0.1, 0.15) is 16.6 Å². The molecule has 1 fully saturated rings. The Kier molecular flexibility index (Phi) is 7.54. The van der Waals surface area contributed by atoms with Gasteiger partial charge in [-0.05, 0) is 42.8 Å². The van der Waals surface area contributed by atoms with E-state index in [1.54, 1.807) is 50.6 Å². The van der Waals surface area contributed by atoms with Gasteiger partial charge in [0.05, 0.1) is 31.4 Å². The van der Waals surface area contributed by atoms with E-state index in [-0.39, 0.29) is 18.4 Å². The molecule has 3 rings (SSSR count). The molecule has 1 saturated heterocycles. The molecule has 31 heavy (non-hydrogen) atoms. The van der Waals surface area contributed by atoms with Gasteiger partial charge in [-0.15, -0.1) is 0 Å². The van der Waals surface area contributed by atoms with Crippen molar-refractivity contribution >= 4 is 51.9 Å². The highest BCUT2D eigenvalue weighted by Crippen LogP contribution is 2.34. The van der Waals surface area contributed by atoms with Gasteiger partial charge < -0.3 is 19.5 Å². The molecule has 0 aliphatic carbocycles. The molecule has 0 aromatic heterocycles. The Morgan fingerprint density at radius 1 is 1.13 bits per heavy atom. The number of carbonyl (C=O) groups excluding carboxylic acids is 2. The average Bonchev–Trinajstić information content (AvgIpc) is 3.02. The van der Waals surface area contributed by atoms with Crippen molar-refractivity contribution in [1.29, 1.82) is 0 Å². The molecule has 1 N–H and O–H groups in total. The average molecular weight is 459 g/mol. The number of methoxy groups -OCH3 is 2. The van der Waals surface area contributed by atoms with Gasteiger partial charge in [0.25, 0.3) is 5.91 Å². The van der Waals surface area contributed by atoms with Gasteiger partial charge in [0, 0.05) is 0 Å². The maximum Gasteiger partial charge on any atom is 0.266 e. The van der Waals surface area contributed by atoms with Gasteiger partial charge in [-0.2, -0.15) is 0 Å². The third-order valence-electron chi connectivity index (χ3n) is 4.34. The van der Waals surface area contributed by atoms with E-state index in [9.17, 15) is 9.59 Å². The van der Waals surface area contributed by atoms with Gasteiger partial charge in [-0.1, -0.05) is 42.2 Å². The van der Waals surface area contributed by atoms with Gasteiger partial charge in [-0.25, -0.2) is 0 Å². The van der Waals surface area contributed by atoms with Crippen molar-refractivity contribution in [2.24, 2.45) is 0 Å². The molecular formula is C22H22N2O5S2. The summed E-state index contributed by atoms with van der Waals surface area (Å²) >= 11 is 6.48. The molecule has 0 atom stereocenters. The Morgan fingerprint density at radius 2 is 1.87 bits per heavy atom. The van der Waals surface area contributed by atoms with Crippen LogP contribution >= 0.6 is 24.0 Å². The third-order valence-corrected chi connectivity index (χ3v) is 5.72. The first-order valence-electron chi connectivity index (χ1n) is 9.46. The molecule has 0 bridgehead atoms. The standard InChI is InChI=1S/C22H22N2O5S2/c1-4-29-16-8-6-5-7-15(16)23-20(25)13-24-21(26)19(31-22(24)30)12-14-9-10-17(27-2)18(11-14)28-3/h5-12H,4,13H2,1-3H3,(H,23,25)/b19-12+. The first-order valence-corrected chi connectivity index (χ1v) is 10.7. The second-order valence-electron chi connectivity index (χ2n) is 6.36. The number of thiocarbonyl (C=S) groups is 1. The van der Waals surface area contributed by atoms with Gasteiger partial charge in [0.2, 0.25) is 5.91 Å². The van der Waals surface area contributed by atoms with Gasteiger partial charge >= 0.3 is 0 Å². The van der Waals surface area contributed by atoms with E-state index in [0.29, 0.717) is 38.8 Å². The smallest absolute Gasteiger partial charge is 0.266 e. The fraction of sp³-hybridized carbons (Fsp3) is 0.227. The molecule has 2 aromatic carbocycles. The van der Waals surface area contributed by atoms with Crippen molar-refractivity contribution in [3.05, 3.63) is 52.9 Å². The van der Waals surface area contributed by atoms with E-state index in [2.05, 4.69) is 5.32 Å². The molecule has 7 nitrogen and oxygen atoms in total. The Labute approximate surface area is 190 Å². The summed E-state index contributed by atoms with van der Waals surface area (Å²) in [6.45, 7) is 2.15. The first kappa shape index (κ1) is 22.6. The van der Waals surface area contributed by atoms with Crippen molar-refractivity contribution in [1.82, 2.24) is 4.90 Å². The van der Waals surface area contributed by atoms with E-state index in [1.807, 2.05) is 19.1 Å². The van der Waals surface area contributed by atoms with Crippen LogP contribution in [0.25, 0.3) is 6.08 Å². The van der Waals surface area contributed by atoms with Gasteiger partial charge in [0.15, 0.2) is 11.5 Å². The SMILES string of the molecule is CCOc1ccccc1NC(=O)CN1C(=O)/C(=C\c2ccc(OC)c(OC)c2)SC1=S. The van der Waals surface area contributed by atoms with E-state index in [1.165, 1.54) is 4.90 Å². The maximum absolute atomic E-state index is 12.8. The molecule has 9 heteroatoms. The Balaban J connectivity index is 1.72. The van der Waals surface area contributed by atoms with Crippen molar-refractivity contribution in [3.8, 4) is 17.2 Å². The number of thioether (sulfide) groups is 1. The number of amides is 2. The number of hydrogen-bond acceptors (Lipinski definition) is 7. The molecule has 162 valence electrons. The second-order valence-corrected chi connectivity index (χ2v) is 8.04. The molecule has 0 spiro atoms. The van der Waals surface area contributed by atoms with Crippen LogP contribution in [0.3, 0.4) is 0 Å². The highest BCUT2D eigenvalue weighted by atomic mass is 32.2. The van der Waals surface area contributed by atoms with Gasteiger partial charge in [-0.3, -0.25) is 14.5 Å². The van der Waals surface area contributed by atoms with Crippen LogP contribution in [-0.2, 0) is 9.59 Å². The number of carbonyl (C=O) groups is 2. The first-order chi connectivity index (χ1) is 15.0. The summed E-state index contributed by atoms with van der Waals surface area (Å²) in [5, 5.41) is 2.78. The van der Waals surface area contributed by atoms with Crippen LogP contribution in [0.2, 0.25) is 0 Å². The number of anilines is 1. The summed E-state index contributed by atoms with van der Waals surface area (Å²) in [6, 6.07) is 12.5. The van der Waals surface area contributed by atoms with E-state index in [4.69, 9.17) is 26.4 Å². The van der Waals surface area contributed by atoms with Crippen molar-refractivity contribution in [3.63, 3.8) is 0 Å². The highest BCUT2D eigenvalue weighted by Gasteiger charge is 2.33. The minimum atomic E-state index is -0.365. The molecular weight excluding hydrogens is 436 g/mol. The van der Waals surface area contributed by atoms with Crippen molar-refractivity contribution in [2.75, 3.05) is 32.7 Å². The van der Waals surface area contributed by atoms with Crippen molar-refractivity contribution in [2.45, 2.75) is 6.92 Å². The lowest BCUT2D eigenvalue weighted by molar-refractivity contribution is -0.126. The zero-order valence-corrected chi connectivity index (χ0v) is 19.0. The van der Waals surface area contributed by atoms with E-state index < -0.39 is 0 Å². The zero-order chi connectivity index (χ0) is 22.4. The number of hydrogen-bond donors (Lipinski definition) is 1. The van der Waals surface area contributed by atoms with E-state index >= 15 is 0 Å². The summed E-state index contributed by atoms with van der Waals surface area (Å²) in [5.41, 5.74) is 1.30. The number of rotatable bonds is 8. The predicted molar refractivity (Wildman–Crippen MR) is 126 cm³/mol. The van der Waals surface area contributed by atoms with Crippen LogP contribution in [0.5, 0.6) is 17.2 Å². The van der Waals surface area contributed by atoms with Crippen LogP contribution in [0.4, 0.5) is 5.69 Å². The fourth-order valence-corrected chi connectivity index (χ4v) is 4.17. The lowest BCUT2D eigenvalue weighted by Crippen LogP contribution is -2.36. The summed E-state index contributed by atoms with van der Waals surface area (Å²) < 4.78 is 16.4. The van der Waals surface area contributed by atoms with Crippen molar-refractivity contribution < 1.29 is 23.8 Å². The normalized spacial score (nSPS) is 14.7. The molecule has 2 aromatic rings. The number of benzene rings is 2. The van der Waals surface area contributed by atoms with Crippen LogP contribution in [0, 0.1) is 0 Å². The predicted octanol–water partition coefficient (Wildman–Crippen LogP) is 3.94. The Bertz CT molecular complexity index is 1040. The van der Waals surface area contributed by atoms with Crippen LogP contribution in [0.15, 0.2) is 47.4 Å². The zero-order valence-electron chi connectivity index (χ0n) is 17.3. The Hall–Kier alpha value is -3.04. The molecule has 1 heterocycles. The number of nitrogens with zero attached hydrogens (tertiary/aromatic N) is 1. The molecule has 0 unspecified atom stereocenters. The molecule has 1 aliphatic heterocycles. The highest BCUT2D eigenvalue weighted by molar-refractivity contribution is 8.26. The number of nitrogens with one attached hydrogen (secondary N) is 1. The second kappa shape index (κ2) is 10.3. The summed E-state index contributed by atoms with van der Waals surface area (Å²) in [6.07, 6.45) is 1.71. The summed E-state index contributed by atoms with van der Waals surface area (Å²) in [5.74, 6) is 1.03. The number of para-hydroxylation sites is 2. The maximum atomic E-state index is 12.8. The molecule has 2 amide bonds. The lowest BCUT2D eigenvalue weighted by Gasteiger charge is -2.15. The van der Waals surface area contributed by atoms with Crippen LogP contribution < -0.4 is 19.5 Å². The molecule has 0 saturated carbocycles.